The highest BCUT2D eigenvalue weighted by Crippen LogP contribution is 2.33. The number of anilines is 2. The first-order chi connectivity index (χ1) is 14.2. The van der Waals surface area contributed by atoms with E-state index in [2.05, 4.69) is 49.4 Å². The largest absolute Gasteiger partial charge is 0.361 e. The summed E-state index contributed by atoms with van der Waals surface area (Å²) in [5.41, 5.74) is 4.71. The summed E-state index contributed by atoms with van der Waals surface area (Å²) >= 11 is 0. The Bertz CT molecular complexity index is 1120. The van der Waals surface area contributed by atoms with Gasteiger partial charge in [0.25, 0.3) is 0 Å². The molecule has 1 aromatic carbocycles. The second-order valence-electron chi connectivity index (χ2n) is 7.68. The fourth-order valence-corrected chi connectivity index (χ4v) is 4.06. The molecule has 2 N–H and O–H groups in total. The number of benzene rings is 1. The van der Waals surface area contributed by atoms with Gasteiger partial charge in [-0.3, -0.25) is 4.90 Å². The van der Waals surface area contributed by atoms with Crippen molar-refractivity contribution in [3.63, 3.8) is 0 Å². The number of aromatic amines is 1. The highest BCUT2D eigenvalue weighted by atomic mass is 15.2. The van der Waals surface area contributed by atoms with Gasteiger partial charge in [0.15, 0.2) is 0 Å². The van der Waals surface area contributed by atoms with Crippen LogP contribution in [0.15, 0.2) is 61.1 Å². The molecule has 3 aromatic heterocycles. The molecule has 5 rings (SSSR count). The van der Waals surface area contributed by atoms with Crippen LogP contribution in [0.1, 0.15) is 35.7 Å². The molecular formula is C23H24N6. The minimum absolute atomic E-state index is 0.312. The minimum Gasteiger partial charge on any atom is -0.361 e. The number of hydrogen-bond acceptors (Lipinski definition) is 5. The van der Waals surface area contributed by atoms with Crippen molar-refractivity contribution in [1.29, 1.82) is 0 Å². The van der Waals surface area contributed by atoms with Gasteiger partial charge in [0.2, 0.25) is 5.95 Å². The van der Waals surface area contributed by atoms with Gasteiger partial charge < -0.3 is 10.3 Å². The molecule has 1 aliphatic heterocycles. The van der Waals surface area contributed by atoms with Crippen molar-refractivity contribution in [2.75, 3.05) is 11.9 Å². The standard InChI is InChI=1S/C23H24N6/c1-16-4-7-22(26-14-16)28-23-25-11-9-20(27-23)21-3-2-12-29(21)15-17-5-6-19-18(13-17)8-10-24-19/h4-11,13-14,21,24H,2-3,12,15H2,1H3,(H,25,26,27,28). The number of likely N-dealkylation sites (tertiary alicyclic amines) is 1. The van der Waals surface area contributed by atoms with Gasteiger partial charge in [-0.05, 0) is 73.2 Å². The van der Waals surface area contributed by atoms with Crippen LogP contribution < -0.4 is 5.32 Å². The van der Waals surface area contributed by atoms with Gasteiger partial charge >= 0.3 is 0 Å². The van der Waals surface area contributed by atoms with Crippen LogP contribution in [0.3, 0.4) is 0 Å². The third-order valence-corrected chi connectivity index (χ3v) is 5.54. The molecule has 4 heterocycles. The highest BCUT2D eigenvalue weighted by molar-refractivity contribution is 5.79. The Morgan fingerprint density at radius 3 is 3.00 bits per heavy atom. The van der Waals surface area contributed by atoms with E-state index in [0.29, 0.717) is 12.0 Å². The lowest BCUT2D eigenvalue weighted by Gasteiger charge is -2.24. The predicted octanol–water partition coefficient (Wildman–Crippen LogP) is 4.74. The maximum atomic E-state index is 4.80. The fourth-order valence-electron chi connectivity index (χ4n) is 4.06. The fraction of sp³-hybridized carbons (Fsp3) is 0.261. The summed E-state index contributed by atoms with van der Waals surface area (Å²) in [6.45, 7) is 4.04. The van der Waals surface area contributed by atoms with E-state index in [1.807, 2.05) is 43.7 Å². The maximum Gasteiger partial charge on any atom is 0.228 e. The van der Waals surface area contributed by atoms with E-state index < -0.39 is 0 Å². The minimum atomic E-state index is 0.312. The Labute approximate surface area is 170 Å². The molecular weight excluding hydrogens is 360 g/mol. The van der Waals surface area contributed by atoms with Crippen molar-refractivity contribution < 1.29 is 0 Å². The van der Waals surface area contributed by atoms with Crippen LogP contribution in [-0.2, 0) is 6.54 Å². The third kappa shape index (κ3) is 3.84. The Hall–Kier alpha value is -3.25. The van der Waals surface area contributed by atoms with Crippen LogP contribution in [-0.4, -0.2) is 31.4 Å². The van der Waals surface area contributed by atoms with Gasteiger partial charge in [-0.2, -0.15) is 0 Å². The SMILES string of the molecule is Cc1ccc(Nc2nccc(C3CCCN3Cc3ccc4[nH]ccc4c3)n2)nc1. The lowest BCUT2D eigenvalue weighted by molar-refractivity contribution is 0.244. The maximum absolute atomic E-state index is 4.80. The van der Waals surface area contributed by atoms with Crippen molar-refractivity contribution in [2.45, 2.75) is 32.4 Å². The summed E-state index contributed by atoms with van der Waals surface area (Å²) in [5.74, 6) is 1.36. The summed E-state index contributed by atoms with van der Waals surface area (Å²) in [6, 6.07) is 15.1. The molecule has 1 aliphatic rings. The van der Waals surface area contributed by atoms with E-state index >= 15 is 0 Å². The lowest BCUT2D eigenvalue weighted by Crippen LogP contribution is -2.23. The zero-order valence-electron chi connectivity index (χ0n) is 16.5. The lowest BCUT2D eigenvalue weighted by atomic mass is 10.1. The summed E-state index contributed by atoms with van der Waals surface area (Å²) in [7, 11) is 0. The Kier molecular flexibility index (Phi) is 4.69. The van der Waals surface area contributed by atoms with Crippen LogP contribution >= 0.6 is 0 Å². The molecule has 0 amide bonds. The van der Waals surface area contributed by atoms with Gasteiger partial charge in [-0.1, -0.05) is 12.1 Å². The Morgan fingerprint density at radius 1 is 1.14 bits per heavy atom. The second-order valence-corrected chi connectivity index (χ2v) is 7.68. The molecule has 0 aliphatic carbocycles. The molecule has 0 bridgehead atoms. The van der Waals surface area contributed by atoms with Gasteiger partial charge in [-0.25, -0.2) is 15.0 Å². The number of H-pyrrole nitrogens is 1. The summed E-state index contributed by atoms with van der Waals surface area (Å²) in [4.78, 5) is 19.3. The molecule has 1 fully saturated rings. The monoisotopic (exact) mass is 384 g/mol. The number of nitrogens with one attached hydrogen (secondary N) is 2. The van der Waals surface area contributed by atoms with Crippen molar-refractivity contribution >= 4 is 22.7 Å². The molecule has 146 valence electrons. The van der Waals surface area contributed by atoms with E-state index in [4.69, 9.17) is 4.98 Å². The van der Waals surface area contributed by atoms with Crippen molar-refractivity contribution in [2.24, 2.45) is 0 Å². The third-order valence-electron chi connectivity index (χ3n) is 5.54. The van der Waals surface area contributed by atoms with E-state index in [1.165, 1.54) is 22.9 Å². The average Bonchev–Trinajstić information content (AvgIpc) is 3.39. The Morgan fingerprint density at radius 2 is 2.10 bits per heavy atom. The first-order valence-corrected chi connectivity index (χ1v) is 10.1. The van der Waals surface area contributed by atoms with E-state index in [0.717, 1.165) is 36.6 Å². The van der Waals surface area contributed by atoms with Crippen LogP contribution in [0, 0.1) is 6.92 Å². The molecule has 6 nitrogen and oxygen atoms in total. The van der Waals surface area contributed by atoms with Crippen molar-refractivity contribution in [3.8, 4) is 0 Å². The number of hydrogen-bond donors (Lipinski definition) is 2. The quantitative estimate of drug-likeness (QED) is 0.520. The average molecular weight is 384 g/mol. The number of nitrogens with zero attached hydrogens (tertiary/aromatic N) is 4. The topological polar surface area (TPSA) is 69.7 Å². The second kappa shape index (κ2) is 7.64. The zero-order valence-corrected chi connectivity index (χ0v) is 16.5. The molecule has 1 saturated heterocycles. The molecule has 1 unspecified atom stereocenters. The number of aromatic nitrogens is 4. The van der Waals surface area contributed by atoms with Crippen LogP contribution in [0.4, 0.5) is 11.8 Å². The van der Waals surface area contributed by atoms with E-state index in [1.54, 1.807) is 0 Å². The van der Waals surface area contributed by atoms with Gasteiger partial charge in [0.1, 0.15) is 5.82 Å². The van der Waals surface area contributed by atoms with Crippen molar-refractivity contribution in [3.05, 3.63) is 77.9 Å². The number of rotatable bonds is 5. The number of fused-ring (bicyclic) bond motifs is 1. The molecule has 0 saturated carbocycles. The molecule has 0 spiro atoms. The van der Waals surface area contributed by atoms with Gasteiger partial charge in [0, 0.05) is 30.7 Å². The molecule has 4 aromatic rings. The Balaban J connectivity index is 1.34. The predicted molar refractivity (Wildman–Crippen MR) is 115 cm³/mol. The molecule has 29 heavy (non-hydrogen) atoms. The summed E-state index contributed by atoms with van der Waals surface area (Å²) < 4.78 is 0. The van der Waals surface area contributed by atoms with Gasteiger partial charge in [-0.15, -0.1) is 0 Å². The van der Waals surface area contributed by atoms with E-state index in [-0.39, 0.29) is 0 Å². The summed E-state index contributed by atoms with van der Waals surface area (Å²) in [6.07, 6.45) is 7.97. The van der Waals surface area contributed by atoms with Crippen LogP contribution in [0.2, 0.25) is 0 Å². The number of pyridine rings is 1. The molecule has 6 heteroatoms. The molecule has 1 atom stereocenters. The van der Waals surface area contributed by atoms with E-state index in [9.17, 15) is 0 Å². The van der Waals surface area contributed by atoms with Crippen LogP contribution in [0.5, 0.6) is 0 Å². The normalized spacial score (nSPS) is 17.1. The first kappa shape index (κ1) is 17.8. The van der Waals surface area contributed by atoms with Gasteiger partial charge in [0.05, 0.1) is 11.7 Å². The smallest absolute Gasteiger partial charge is 0.228 e. The summed E-state index contributed by atoms with van der Waals surface area (Å²) in [5, 5.41) is 4.48. The van der Waals surface area contributed by atoms with Crippen LogP contribution in [0.25, 0.3) is 10.9 Å². The zero-order chi connectivity index (χ0) is 19.6. The highest BCUT2D eigenvalue weighted by Gasteiger charge is 2.27. The first-order valence-electron chi connectivity index (χ1n) is 10.1. The molecule has 0 radical (unpaired) electrons. The number of aryl methyl sites for hydroxylation is 1. The van der Waals surface area contributed by atoms with Crippen molar-refractivity contribution in [1.82, 2.24) is 24.8 Å².